The molecule has 0 N–H and O–H groups in total. The zero-order valence-corrected chi connectivity index (χ0v) is 16.0. The number of aryl methyl sites for hydroxylation is 1. The highest BCUT2D eigenvalue weighted by Gasteiger charge is 2.13. The van der Waals surface area contributed by atoms with E-state index in [1.165, 1.54) is 35.6 Å². The van der Waals surface area contributed by atoms with Crippen LogP contribution in [0.1, 0.15) is 22.8 Å². The third-order valence-corrected chi connectivity index (χ3v) is 5.43. The van der Waals surface area contributed by atoms with E-state index in [0.717, 1.165) is 15.8 Å². The summed E-state index contributed by atoms with van der Waals surface area (Å²) in [5.74, 6) is -0.800. The first kappa shape index (κ1) is 18.8. The predicted octanol–water partition coefficient (Wildman–Crippen LogP) is 4.58. The molecule has 0 saturated carbocycles. The molecule has 0 aliphatic carbocycles. The normalized spacial score (nSPS) is 12.1. The lowest BCUT2D eigenvalue weighted by atomic mass is 10.2. The van der Waals surface area contributed by atoms with E-state index in [0.29, 0.717) is 35.1 Å². The molecule has 0 fully saturated rings. The maximum atomic E-state index is 13.1. The smallest absolute Gasteiger partial charge is 0.279 e. The molecule has 136 valence electrons. The molecule has 0 saturated heterocycles. The van der Waals surface area contributed by atoms with Gasteiger partial charge in [0.15, 0.2) is 4.80 Å². The van der Waals surface area contributed by atoms with Crippen molar-refractivity contribution in [3.05, 3.63) is 63.2 Å². The number of hydrogen-bond acceptors (Lipinski definition) is 3. The van der Waals surface area contributed by atoms with Crippen molar-refractivity contribution in [1.29, 1.82) is 0 Å². The topological polar surface area (TPSA) is 43.6 Å². The lowest BCUT2D eigenvalue weighted by molar-refractivity contribution is 0.0996. The Morgan fingerprint density at radius 3 is 2.69 bits per heavy atom. The Labute approximate surface area is 159 Å². The van der Waals surface area contributed by atoms with Crippen LogP contribution in [0, 0.1) is 12.7 Å². The molecule has 0 spiro atoms. The minimum absolute atomic E-state index is 0.343. The van der Waals surface area contributed by atoms with E-state index < -0.39 is 5.91 Å². The fraction of sp³-hybridized carbons (Fsp3) is 0.263. The zero-order chi connectivity index (χ0) is 18.7. The van der Waals surface area contributed by atoms with Crippen molar-refractivity contribution in [2.24, 2.45) is 4.99 Å². The second-order valence-corrected chi connectivity index (χ2v) is 7.09. The van der Waals surface area contributed by atoms with Gasteiger partial charge in [-0.2, -0.15) is 4.99 Å². The highest BCUT2D eigenvalue weighted by Crippen LogP contribution is 2.27. The summed E-state index contributed by atoms with van der Waals surface area (Å²) in [5.41, 5.74) is 2.23. The molecule has 26 heavy (non-hydrogen) atoms. The van der Waals surface area contributed by atoms with Crippen LogP contribution in [0.25, 0.3) is 10.2 Å². The minimum Gasteiger partial charge on any atom is -0.380 e. The summed E-state index contributed by atoms with van der Waals surface area (Å²) >= 11 is 7.69. The van der Waals surface area contributed by atoms with Gasteiger partial charge in [-0.05, 0) is 55.8 Å². The summed E-state index contributed by atoms with van der Waals surface area (Å²) in [4.78, 5) is 17.3. The van der Waals surface area contributed by atoms with E-state index >= 15 is 0 Å². The fourth-order valence-electron chi connectivity index (χ4n) is 2.65. The molecule has 7 heteroatoms. The van der Waals surface area contributed by atoms with Gasteiger partial charge in [-0.3, -0.25) is 4.79 Å². The second kappa shape index (κ2) is 8.12. The van der Waals surface area contributed by atoms with Gasteiger partial charge in [-0.1, -0.05) is 22.9 Å². The zero-order valence-electron chi connectivity index (χ0n) is 14.5. The maximum Gasteiger partial charge on any atom is 0.279 e. The van der Waals surface area contributed by atoms with Crippen molar-refractivity contribution in [3.8, 4) is 0 Å². The highest BCUT2D eigenvalue weighted by molar-refractivity contribution is 7.16. The van der Waals surface area contributed by atoms with Gasteiger partial charge in [0.05, 0.1) is 16.8 Å². The first-order valence-corrected chi connectivity index (χ1v) is 9.41. The van der Waals surface area contributed by atoms with Crippen LogP contribution in [-0.2, 0) is 11.3 Å². The van der Waals surface area contributed by atoms with Crippen LogP contribution in [0.15, 0.2) is 41.4 Å². The number of fused-ring (bicyclic) bond motifs is 1. The number of ether oxygens (including phenoxy) is 1. The van der Waals surface area contributed by atoms with Crippen molar-refractivity contribution >= 4 is 39.1 Å². The van der Waals surface area contributed by atoms with E-state index in [1.807, 2.05) is 30.5 Å². The molecule has 2 aromatic carbocycles. The first-order valence-electron chi connectivity index (χ1n) is 8.22. The summed E-state index contributed by atoms with van der Waals surface area (Å²) in [6, 6.07) is 9.13. The molecule has 1 aromatic heterocycles. The molecule has 1 heterocycles. The number of benzene rings is 2. The number of carbonyl (C=O) groups excluding carboxylic acids is 1. The molecule has 3 rings (SSSR count). The molecule has 0 aliphatic heterocycles. The first-order chi connectivity index (χ1) is 12.5. The Bertz CT molecular complexity index is 1010. The number of rotatable bonds is 5. The minimum atomic E-state index is -0.412. The summed E-state index contributed by atoms with van der Waals surface area (Å²) in [6.07, 6.45) is 0. The molecule has 3 aromatic rings. The van der Waals surface area contributed by atoms with Gasteiger partial charge in [0, 0.05) is 23.7 Å². The molecule has 4 nitrogen and oxygen atoms in total. The lowest BCUT2D eigenvalue weighted by Crippen LogP contribution is -2.20. The van der Waals surface area contributed by atoms with Gasteiger partial charge >= 0.3 is 0 Å². The summed E-state index contributed by atoms with van der Waals surface area (Å²) < 4.78 is 21.5. The quantitative estimate of drug-likeness (QED) is 0.596. The van der Waals surface area contributed by atoms with Crippen LogP contribution in [-0.4, -0.2) is 23.7 Å². The van der Waals surface area contributed by atoms with E-state index in [1.54, 1.807) is 0 Å². The standard InChI is InChI=1S/C19H18ClFN2O2S/c1-3-25-11-10-23-17-12(2)15(20)8-9-16(17)26-19(23)22-18(24)13-4-6-14(21)7-5-13/h4-9H,3,10-11H2,1-2H3. The van der Waals surface area contributed by atoms with Gasteiger partial charge in [-0.15, -0.1) is 0 Å². The van der Waals surface area contributed by atoms with Gasteiger partial charge in [-0.25, -0.2) is 4.39 Å². The van der Waals surface area contributed by atoms with Crippen molar-refractivity contribution in [1.82, 2.24) is 4.57 Å². The van der Waals surface area contributed by atoms with Gasteiger partial charge in [0.25, 0.3) is 5.91 Å². The number of amides is 1. The number of carbonyl (C=O) groups is 1. The van der Waals surface area contributed by atoms with Gasteiger partial charge in [0.1, 0.15) is 5.82 Å². The van der Waals surface area contributed by atoms with Crippen LogP contribution in [0.2, 0.25) is 5.02 Å². The average Bonchev–Trinajstić information content (AvgIpc) is 2.97. The average molecular weight is 393 g/mol. The molecular formula is C19H18ClFN2O2S. The molecule has 0 aliphatic rings. The highest BCUT2D eigenvalue weighted by atomic mass is 35.5. The van der Waals surface area contributed by atoms with Crippen molar-refractivity contribution in [2.45, 2.75) is 20.4 Å². The lowest BCUT2D eigenvalue weighted by Gasteiger charge is -2.08. The Balaban J connectivity index is 2.11. The van der Waals surface area contributed by atoms with Crippen LogP contribution in [0.5, 0.6) is 0 Å². The fourth-order valence-corrected chi connectivity index (χ4v) is 3.92. The summed E-state index contributed by atoms with van der Waals surface area (Å²) in [6.45, 7) is 5.56. The van der Waals surface area contributed by atoms with Crippen LogP contribution >= 0.6 is 22.9 Å². The van der Waals surface area contributed by atoms with Gasteiger partial charge < -0.3 is 9.30 Å². The van der Waals surface area contributed by atoms with Gasteiger partial charge in [0.2, 0.25) is 0 Å². The maximum absolute atomic E-state index is 13.1. The molecule has 0 unspecified atom stereocenters. The van der Waals surface area contributed by atoms with Crippen LogP contribution in [0.4, 0.5) is 4.39 Å². The molecule has 0 bridgehead atoms. The third kappa shape index (κ3) is 3.87. The van der Waals surface area contributed by atoms with Crippen molar-refractivity contribution in [3.63, 3.8) is 0 Å². The van der Waals surface area contributed by atoms with E-state index in [-0.39, 0.29) is 5.82 Å². The molecule has 1 amide bonds. The SMILES string of the molecule is CCOCCn1c(=NC(=O)c2ccc(F)cc2)sc2ccc(Cl)c(C)c21. The van der Waals surface area contributed by atoms with Crippen LogP contribution < -0.4 is 4.80 Å². The Kier molecular flexibility index (Phi) is 5.86. The van der Waals surface area contributed by atoms with E-state index in [9.17, 15) is 9.18 Å². The summed E-state index contributed by atoms with van der Waals surface area (Å²) in [7, 11) is 0. The Morgan fingerprint density at radius 2 is 2.00 bits per heavy atom. The van der Waals surface area contributed by atoms with Crippen LogP contribution in [0.3, 0.4) is 0 Å². The predicted molar refractivity (Wildman–Crippen MR) is 102 cm³/mol. The Hall–Kier alpha value is -2.02. The molecule has 0 atom stereocenters. The number of halogens is 2. The third-order valence-electron chi connectivity index (χ3n) is 3.98. The number of aromatic nitrogens is 1. The summed E-state index contributed by atoms with van der Waals surface area (Å²) in [5, 5.41) is 0.664. The van der Waals surface area contributed by atoms with E-state index in [4.69, 9.17) is 16.3 Å². The Morgan fingerprint density at radius 1 is 1.27 bits per heavy atom. The largest absolute Gasteiger partial charge is 0.380 e. The monoisotopic (exact) mass is 392 g/mol. The second-order valence-electron chi connectivity index (χ2n) is 5.68. The van der Waals surface area contributed by atoms with E-state index in [2.05, 4.69) is 4.99 Å². The molecular weight excluding hydrogens is 375 g/mol. The molecule has 0 radical (unpaired) electrons. The van der Waals surface area contributed by atoms with Crippen molar-refractivity contribution < 1.29 is 13.9 Å². The number of nitrogens with zero attached hydrogens (tertiary/aromatic N) is 2. The number of thiazole rings is 1. The number of hydrogen-bond donors (Lipinski definition) is 0. The van der Waals surface area contributed by atoms with Crippen molar-refractivity contribution in [2.75, 3.05) is 13.2 Å².